The van der Waals surface area contributed by atoms with Crippen LogP contribution in [0.15, 0.2) is 24.3 Å². The zero-order valence-electron chi connectivity index (χ0n) is 15.3. The lowest BCUT2D eigenvalue weighted by molar-refractivity contribution is -0.117. The summed E-state index contributed by atoms with van der Waals surface area (Å²) in [5.74, 6) is 0.124. The van der Waals surface area contributed by atoms with Gasteiger partial charge < -0.3 is 10.6 Å². The van der Waals surface area contributed by atoms with Crippen molar-refractivity contribution in [3.63, 3.8) is 0 Å². The average Bonchev–Trinajstić information content (AvgIpc) is 3.46. The van der Waals surface area contributed by atoms with Gasteiger partial charge in [-0.25, -0.2) is 0 Å². The van der Waals surface area contributed by atoms with E-state index < -0.39 is 0 Å². The fourth-order valence-corrected chi connectivity index (χ4v) is 3.34. The number of hydrogen-bond acceptors (Lipinski definition) is 3. The maximum absolute atomic E-state index is 12.5. The standard InChI is InChI=1S/C20H29N3O2/c1-20(2,23-11-4-3-5-12-23)14-21-18(24)16-7-6-8-17(13-16)22-19(25)15-9-10-15/h6-8,13,15H,3-5,9-12,14H2,1-2H3,(H,21,24)(H,22,25). The number of nitrogens with zero attached hydrogens (tertiary/aromatic N) is 1. The Labute approximate surface area is 150 Å². The molecule has 2 amide bonds. The Balaban J connectivity index is 1.56. The van der Waals surface area contributed by atoms with Gasteiger partial charge in [-0.1, -0.05) is 12.5 Å². The summed E-state index contributed by atoms with van der Waals surface area (Å²) < 4.78 is 0. The van der Waals surface area contributed by atoms with E-state index in [4.69, 9.17) is 0 Å². The molecule has 0 aromatic heterocycles. The maximum atomic E-state index is 12.5. The predicted octanol–water partition coefficient (Wildman–Crippen LogP) is 3.03. The van der Waals surface area contributed by atoms with Crippen molar-refractivity contribution in [2.75, 3.05) is 25.0 Å². The molecular weight excluding hydrogens is 314 g/mol. The summed E-state index contributed by atoms with van der Waals surface area (Å²) in [7, 11) is 0. The Bertz CT molecular complexity index is 632. The van der Waals surface area contributed by atoms with Crippen LogP contribution in [0.25, 0.3) is 0 Å². The van der Waals surface area contributed by atoms with Crippen molar-refractivity contribution in [1.29, 1.82) is 0 Å². The minimum Gasteiger partial charge on any atom is -0.350 e. The average molecular weight is 343 g/mol. The first-order chi connectivity index (χ1) is 12.0. The van der Waals surface area contributed by atoms with Crippen LogP contribution in [0.2, 0.25) is 0 Å². The van der Waals surface area contributed by atoms with Crippen LogP contribution in [0, 0.1) is 5.92 Å². The fourth-order valence-electron chi connectivity index (χ4n) is 3.34. The number of nitrogens with one attached hydrogen (secondary N) is 2. The molecule has 2 aliphatic rings. The van der Waals surface area contributed by atoms with Gasteiger partial charge in [0.25, 0.3) is 5.91 Å². The van der Waals surface area contributed by atoms with Gasteiger partial charge in [-0.3, -0.25) is 14.5 Å². The van der Waals surface area contributed by atoms with Gasteiger partial charge in [0.2, 0.25) is 5.91 Å². The third-order valence-corrected chi connectivity index (χ3v) is 5.23. The number of benzene rings is 1. The van der Waals surface area contributed by atoms with Gasteiger partial charge in [0.05, 0.1) is 0 Å². The molecule has 0 bridgehead atoms. The van der Waals surface area contributed by atoms with Crippen molar-refractivity contribution in [3.05, 3.63) is 29.8 Å². The Hall–Kier alpha value is -1.88. The zero-order valence-corrected chi connectivity index (χ0v) is 15.3. The molecule has 1 saturated carbocycles. The van der Waals surface area contributed by atoms with Crippen molar-refractivity contribution in [2.24, 2.45) is 5.92 Å². The molecule has 2 fully saturated rings. The van der Waals surface area contributed by atoms with E-state index in [1.807, 2.05) is 12.1 Å². The third-order valence-electron chi connectivity index (χ3n) is 5.23. The lowest BCUT2D eigenvalue weighted by Gasteiger charge is -2.41. The minimum atomic E-state index is -0.0902. The van der Waals surface area contributed by atoms with E-state index in [1.165, 1.54) is 19.3 Å². The van der Waals surface area contributed by atoms with Gasteiger partial charge in [0.1, 0.15) is 0 Å². The summed E-state index contributed by atoms with van der Waals surface area (Å²) in [5.41, 5.74) is 1.23. The van der Waals surface area contributed by atoms with Crippen molar-refractivity contribution in [1.82, 2.24) is 10.2 Å². The molecule has 136 valence electrons. The van der Waals surface area contributed by atoms with Gasteiger partial charge in [-0.05, 0) is 70.8 Å². The molecule has 25 heavy (non-hydrogen) atoms. The molecule has 0 spiro atoms. The predicted molar refractivity (Wildman–Crippen MR) is 99.6 cm³/mol. The molecule has 1 aliphatic heterocycles. The number of amides is 2. The first kappa shape index (κ1) is 17.9. The quantitative estimate of drug-likeness (QED) is 0.835. The van der Waals surface area contributed by atoms with Crippen molar-refractivity contribution in [2.45, 2.75) is 51.5 Å². The first-order valence-electron chi connectivity index (χ1n) is 9.40. The van der Waals surface area contributed by atoms with E-state index in [0.29, 0.717) is 17.8 Å². The first-order valence-corrected chi connectivity index (χ1v) is 9.40. The molecule has 3 rings (SSSR count). The van der Waals surface area contributed by atoms with Crippen molar-refractivity contribution in [3.8, 4) is 0 Å². The van der Waals surface area contributed by atoms with E-state index >= 15 is 0 Å². The Morgan fingerprint density at radius 2 is 1.88 bits per heavy atom. The van der Waals surface area contributed by atoms with Gasteiger partial charge in [0, 0.05) is 29.3 Å². The number of carbonyl (C=O) groups is 2. The van der Waals surface area contributed by atoms with Gasteiger partial charge >= 0.3 is 0 Å². The van der Waals surface area contributed by atoms with Gasteiger partial charge in [-0.2, -0.15) is 0 Å². The summed E-state index contributed by atoms with van der Waals surface area (Å²) in [6.07, 6.45) is 5.72. The molecule has 1 aromatic carbocycles. The molecule has 0 unspecified atom stereocenters. The second-order valence-corrected chi connectivity index (χ2v) is 7.89. The highest BCUT2D eigenvalue weighted by atomic mass is 16.2. The number of rotatable bonds is 6. The highest BCUT2D eigenvalue weighted by Crippen LogP contribution is 2.30. The molecule has 1 heterocycles. The molecule has 1 aromatic rings. The van der Waals surface area contributed by atoms with E-state index in [2.05, 4.69) is 29.4 Å². The monoisotopic (exact) mass is 343 g/mol. The number of carbonyl (C=O) groups excluding carboxylic acids is 2. The summed E-state index contributed by atoms with van der Waals surface area (Å²) in [5, 5.41) is 5.95. The fraction of sp³-hybridized carbons (Fsp3) is 0.600. The minimum absolute atomic E-state index is 0.0477. The SMILES string of the molecule is CC(C)(CNC(=O)c1cccc(NC(=O)C2CC2)c1)N1CCCCC1. The number of piperidine rings is 1. The van der Waals surface area contributed by atoms with Crippen LogP contribution in [0.3, 0.4) is 0 Å². The molecule has 0 atom stereocenters. The molecule has 0 radical (unpaired) electrons. The van der Waals surface area contributed by atoms with Gasteiger partial charge in [0.15, 0.2) is 0 Å². The zero-order chi connectivity index (χ0) is 17.9. The molecule has 1 saturated heterocycles. The van der Waals surface area contributed by atoms with E-state index in [0.717, 1.165) is 25.9 Å². The van der Waals surface area contributed by atoms with E-state index in [-0.39, 0.29) is 23.3 Å². The summed E-state index contributed by atoms with van der Waals surface area (Å²) >= 11 is 0. The van der Waals surface area contributed by atoms with E-state index in [1.54, 1.807) is 12.1 Å². The van der Waals surface area contributed by atoms with Crippen LogP contribution in [0.1, 0.15) is 56.3 Å². The van der Waals surface area contributed by atoms with Crippen molar-refractivity contribution < 1.29 is 9.59 Å². The maximum Gasteiger partial charge on any atom is 0.251 e. The molecule has 1 aliphatic carbocycles. The Kier molecular flexibility index (Phi) is 5.42. The topological polar surface area (TPSA) is 61.4 Å². The van der Waals surface area contributed by atoms with Crippen LogP contribution >= 0.6 is 0 Å². The van der Waals surface area contributed by atoms with Crippen LogP contribution < -0.4 is 10.6 Å². The molecule has 5 heteroatoms. The number of likely N-dealkylation sites (tertiary alicyclic amines) is 1. The van der Waals surface area contributed by atoms with E-state index in [9.17, 15) is 9.59 Å². The summed E-state index contributed by atoms with van der Waals surface area (Å²) in [6, 6.07) is 7.18. The number of hydrogen-bond donors (Lipinski definition) is 2. The smallest absolute Gasteiger partial charge is 0.251 e. The lowest BCUT2D eigenvalue weighted by Crippen LogP contribution is -2.53. The van der Waals surface area contributed by atoms with Crippen molar-refractivity contribution >= 4 is 17.5 Å². The van der Waals surface area contributed by atoms with Gasteiger partial charge in [-0.15, -0.1) is 0 Å². The molecule has 5 nitrogen and oxygen atoms in total. The Morgan fingerprint density at radius 3 is 2.56 bits per heavy atom. The lowest BCUT2D eigenvalue weighted by atomic mass is 9.98. The normalized spacial score (nSPS) is 18.6. The van der Waals surface area contributed by atoms with Crippen LogP contribution in [-0.2, 0) is 4.79 Å². The summed E-state index contributed by atoms with van der Waals surface area (Å²) in [6.45, 7) is 7.19. The second kappa shape index (κ2) is 7.56. The number of anilines is 1. The molecule has 2 N–H and O–H groups in total. The largest absolute Gasteiger partial charge is 0.350 e. The molecular formula is C20H29N3O2. The van der Waals surface area contributed by atoms with Crippen LogP contribution in [-0.4, -0.2) is 41.9 Å². The van der Waals surface area contributed by atoms with Crippen LogP contribution in [0.5, 0.6) is 0 Å². The Morgan fingerprint density at radius 1 is 1.16 bits per heavy atom. The third kappa shape index (κ3) is 4.82. The highest BCUT2D eigenvalue weighted by molar-refractivity contribution is 5.98. The highest BCUT2D eigenvalue weighted by Gasteiger charge is 2.30. The second-order valence-electron chi connectivity index (χ2n) is 7.89. The summed E-state index contributed by atoms with van der Waals surface area (Å²) in [4.78, 5) is 26.8. The van der Waals surface area contributed by atoms with Crippen LogP contribution in [0.4, 0.5) is 5.69 Å².